The maximum Gasteiger partial charge on any atom is 0.254 e. The summed E-state index contributed by atoms with van der Waals surface area (Å²) >= 11 is 0. The van der Waals surface area contributed by atoms with Gasteiger partial charge in [-0.1, -0.05) is 43.3 Å². The van der Waals surface area contributed by atoms with Crippen LogP contribution in [-0.2, 0) is 21.8 Å². The summed E-state index contributed by atoms with van der Waals surface area (Å²) in [6, 6.07) is 16.5. The Balaban J connectivity index is 1.77. The Hall–Kier alpha value is -3.64. The van der Waals surface area contributed by atoms with Gasteiger partial charge in [0, 0.05) is 35.1 Å². The average molecular weight is 450 g/mol. The fraction of sp³-hybridized carbons (Fsp3) is 0.286. The van der Waals surface area contributed by atoms with E-state index in [1.165, 1.54) is 0 Å². The summed E-state index contributed by atoms with van der Waals surface area (Å²) in [7, 11) is 1.88. The first-order valence-corrected chi connectivity index (χ1v) is 11.9. The van der Waals surface area contributed by atoms with Gasteiger partial charge in [-0.2, -0.15) is 0 Å². The lowest BCUT2D eigenvalue weighted by Crippen LogP contribution is -2.48. The number of ketones is 1. The van der Waals surface area contributed by atoms with Crippen LogP contribution in [0.2, 0.25) is 0 Å². The molecule has 2 bridgehead atoms. The molecule has 0 N–H and O–H groups in total. The van der Waals surface area contributed by atoms with Crippen LogP contribution in [0.3, 0.4) is 0 Å². The highest BCUT2D eigenvalue weighted by Crippen LogP contribution is 2.54. The number of amides is 1. The van der Waals surface area contributed by atoms with Gasteiger partial charge in [-0.15, -0.1) is 0 Å². The minimum atomic E-state index is -0.836. The van der Waals surface area contributed by atoms with E-state index in [0.717, 1.165) is 54.7 Å². The molecule has 0 aliphatic carbocycles. The van der Waals surface area contributed by atoms with Crippen molar-refractivity contribution in [1.29, 1.82) is 0 Å². The van der Waals surface area contributed by atoms with E-state index < -0.39 is 12.0 Å². The van der Waals surface area contributed by atoms with E-state index in [1.807, 2.05) is 43.1 Å². The van der Waals surface area contributed by atoms with Crippen molar-refractivity contribution in [3.05, 3.63) is 59.7 Å². The molecule has 34 heavy (non-hydrogen) atoms. The van der Waals surface area contributed by atoms with E-state index in [2.05, 4.69) is 40.3 Å². The van der Waals surface area contributed by atoms with Crippen molar-refractivity contribution in [2.24, 2.45) is 5.92 Å². The topological polar surface area (TPSA) is 56.5 Å². The van der Waals surface area contributed by atoms with Crippen molar-refractivity contribution in [3.63, 3.8) is 0 Å². The molecule has 1 saturated heterocycles. The predicted octanol–water partition coefficient (Wildman–Crippen LogP) is 5.30. The Kier molecular flexibility index (Phi) is 3.14. The summed E-state index contributed by atoms with van der Waals surface area (Å²) in [4.78, 5) is 28.8. The molecular weight excluding hydrogens is 426 g/mol. The lowest BCUT2D eigenvalue weighted by atomic mass is 9.89. The van der Waals surface area contributed by atoms with E-state index in [-0.39, 0.29) is 17.6 Å². The van der Waals surface area contributed by atoms with Gasteiger partial charge in [-0.25, -0.2) is 0 Å². The van der Waals surface area contributed by atoms with Gasteiger partial charge in [0.1, 0.15) is 12.0 Å². The Morgan fingerprint density at radius 2 is 1.62 bits per heavy atom. The summed E-state index contributed by atoms with van der Waals surface area (Å²) < 4.78 is 11.4. The molecule has 2 aromatic heterocycles. The maximum absolute atomic E-state index is 13.6. The molecule has 1 fully saturated rings. The van der Waals surface area contributed by atoms with Gasteiger partial charge < -0.3 is 18.8 Å². The average Bonchev–Trinajstić information content (AvgIpc) is 3.43. The number of carbonyl (C=O) groups is 2. The minimum absolute atomic E-state index is 0.0560. The van der Waals surface area contributed by atoms with E-state index >= 15 is 0 Å². The molecule has 0 unspecified atom stereocenters. The number of rotatable bonds is 0. The van der Waals surface area contributed by atoms with Gasteiger partial charge >= 0.3 is 0 Å². The van der Waals surface area contributed by atoms with E-state index in [1.54, 1.807) is 0 Å². The summed E-state index contributed by atoms with van der Waals surface area (Å²) in [5, 5.41) is 4.23. The smallest absolute Gasteiger partial charge is 0.254 e. The number of ether oxygens (including phenoxy) is 1. The number of hydrogen-bond donors (Lipinski definition) is 0. The fourth-order valence-electron chi connectivity index (χ4n) is 6.91. The lowest BCUT2D eigenvalue weighted by molar-refractivity contribution is -0.210. The van der Waals surface area contributed by atoms with Gasteiger partial charge in [0.25, 0.3) is 5.91 Å². The molecule has 0 radical (unpaired) electrons. The molecule has 6 heteroatoms. The standard InChI is InChI=1S/C28H23N3O3/c1-14-20(32)12-21-30-18-10-6-4-8-15(18)23-24-17(13-29(3)27(24)33)22-16-9-5-7-11-19(16)31(26(22)25(23)30)28(14,2)34-21/h4-11,14,21H,12-13H2,1-3H3/t14-,21-,28+/m1/s1. The first-order valence-electron chi connectivity index (χ1n) is 11.9. The predicted molar refractivity (Wildman–Crippen MR) is 131 cm³/mol. The second-order valence-electron chi connectivity index (χ2n) is 10.2. The maximum atomic E-state index is 13.6. The molecule has 3 aromatic carbocycles. The zero-order valence-electron chi connectivity index (χ0n) is 19.3. The van der Waals surface area contributed by atoms with Crippen molar-refractivity contribution >= 4 is 55.3 Å². The second kappa shape index (κ2) is 5.70. The number of para-hydroxylation sites is 2. The molecule has 168 valence electrons. The third-order valence-electron chi connectivity index (χ3n) is 8.59. The van der Waals surface area contributed by atoms with Gasteiger partial charge in [0.2, 0.25) is 0 Å². The Bertz CT molecular complexity index is 1790. The van der Waals surface area contributed by atoms with Crippen LogP contribution in [0.5, 0.6) is 0 Å². The van der Waals surface area contributed by atoms with E-state index in [0.29, 0.717) is 13.0 Å². The van der Waals surface area contributed by atoms with Crippen LogP contribution in [0.1, 0.15) is 42.4 Å². The molecule has 0 spiro atoms. The summed E-state index contributed by atoms with van der Waals surface area (Å²) in [6.45, 7) is 4.61. The first-order chi connectivity index (χ1) is 16.4. The fourth-order valence-corrected chi connectivity index (χ4v) is 6.91. The molecule has 8 rings (SSSR count). The van der Waals surface area contributed by atoms with Crippen LogP contribution in [0.25, 0.3) is 43.6 Å². The first kappa shape index (κ1) is 18.7. The molecule has 0 saturated carbocycles. The number of nitrogens with zero attached hydrogens (tertiary/aromatic N) is 3. The van der Waals surface area contributed by atoms with Crippen molar-refractivity contribution < 1.29 is 14.3 Å². The van der Waals surface area contributed by atoms with Gasteiger partial charge in [0.15, 0.2) is 5.72 Å². The largest absolute Gasteiger partial charge is 0.337 e. The molecule has 3 aliphatic rings. The molecule has 5 aromatic rings. The lowest BCUT2D eigenvalue weighted by Gasteiger charge is -2.43. The molecule has 3 atom stereocenters. The Labute approximate surface area is 195 Å². The number of carbonyl (C=O) groups excluding carboxylic acids is 2. The third-order valence-corrected chi connectivity index (χ3v) is 8.59. The number of hydrogen-bond acceptors (Lipinski definition) is 3. The van der Waals surface area contributed by atoms with E-state index in [9.17, 15) is 9.59 Å². The summed E-state index contributed by atoms with van der Waals surface area (Å²) in [6.07, 6.45) is -0.107. The zero-order valence-corrected chi connectivity index (χ0v) is 19.3. The zero-order chi connectivity index (χ0) is 23.1. The highest BCUT2D eigenvalue weighted by atomic mass is 16.5. The van der Waals surface area contributed by atoms with Crippen molar-refractivity contribution in [2.75, 3.05) is 7.05 Å². The molecule has 6 nitrogen and oxygen atoms in total. The number of benzene rings is 3. The quantitative estimate of drug-likeness (QED) is 0.322. The van der Waals surface area contributed by atoms with Crippen LogP contribution in [-0.4, -0.2) is 32.8 Å². The highest BCUT2D eigenvalue weighted by Gasteiger charge is 2.50. The Morgan fingerprint density at radius 1 is 0.941 bits per heavy atom. The number of Topliss-reactive ketones (excluding diaryl/α,β-unsaturated/α-hetero) is 1. The highest BCUT2D eigenvalue weighted by molar-refractivity contribution is 6.31. The van der Waals surface area contributed by atoms with Gasteiger partial charge in [-0.05, 0) is 24.6 Å². The SMILES string of the molecule is C[C@@H]1C(=O)C[C@H]2O[C@]1(C)n1c3ccccc3c3c4c(c5c6ccccc6n2c5c31)C(=O)N(C)C4. The third kappa shape index (κ3) is 1.84. The normalized spacial score (nSPS) is 25.9. The summed E-state index contributed by atoms with van der Waals surface area (Å²) in [5.41, 5.74) is 5.15. The number of fused-ring (bicyclic) bond motifs is 13. The second-order valence-corrected chi connectivity index (χ2v) is 10.2. The van der Waals surface area contributed by atoms with Gasteiger partial charge in [-0.3, -0.25) is 9.59 Å². The van der Waals surface area contributed by atoms with Crippen LogP contribution >= 0.6 is 0 Å². The van der Waals surface area contributed by atoms with Crippen LogP contribution < -0.4 is 0 Å². The van der Waals surface area contributed by atoms with Crippen LogP contribution in [0, 0.1) is 5.92 Å². The Morgan fingerprint density at radius 3 is 2.38 bits per heavy atom. The minimum Gasteiger partial charge on any atom is -0.337 e. The van der Waals surface area contributed by atoms with Crippen molar-refractivity contribution in [2.45, 2.75) is 38.8 Å². The van der Waals surface area contributed by atoms with E-state index in [4.69, 9.17) is 4.74 Å². The van der Waals surface area contributed by atoms with Crippen LogP contribution in [0.15, 0.2) is 48.5 Å². The molecule has 3 aliphatic heterocycles. The number of aromatic nitrogens is 2. The van der Waals surface area contributed by atoms with Crippen LogP contribution in [0.4, 0.5) is 0 Å². The van der Waals surface area contributed by atoms with Crippen molar-refractivity contribution in [3.8, 4) is 0 Å². The molecule has 5 heterocycles. The molecule has 1 amide bonds. The van der Waals surface area contributed by atoms with Crippen molar-refractivity contribution in [1.82, 2.24) is 14.0 Å². The monoisotopic (exact) mass is 449 g/mol. The van der Waals surface area contributed by atoms with Gasteiger partial charge in [0.05, 0.1) is 40.0 Å². The molecular formula is C28H23N3O3. The summed E-state index contributed by atoms with van der Waals surface area (Å²) in [5.74, 6) is -0.0431.